The number of pyridine rings is 1. The van der Waals surface area contributed by atoms with Crippen molar-refractivity contribution in [2.24, 2.45) is 5.92 Å². The molecule has 1 aromatic rings. The van der Waals surface area contributed by atoms with Gasteiger partial charge in [-0.1, -0.05) is 6.07 Å². The monoisotopic (exact) mass is 289 g/mol. The van der Waals surface area contributed by atoms with E-state index in [0.717, 1.165) is 38.9 Å². The standard InChI is InChI=1S/C16H23N3O2/c1-18-9-4-5-13(11-18)16(20)19-10-7-14(12-19)21-15-6-2-3-8-17-15/h2-3,6,8,13-14H,4-5,7,9-12H2,1H3. The predicted octanol–water partition coefficient (Wildman–Crippen LogP) is 1.40. The zero-order chi connectivity index (χ0) is 14.7. The summed E-state index contributed by atoms with van der Waals surface area (Å²) in [7, 11) is 2.09. The smallest absolute Gasteiger partial charge is 0.227 e. The van der Waals surface area contributed by atoms with E-state index in [0.29, 0.717) is 18.3 Å². The van der Waals surface area contributed by atoms with E-state index >= 15 is 0 Å². The Morgan fingerprint density at radius 1 is 1.29 bits per heavy atom. The number of hydrogen-bond acceptors (Lipinski definition) is 4. The first-order valence-electron chi connectivity index (χ1n) is 7.77. The first kappa shape index (κ1) is 14.3. The van der Waals surface area contributed by atoms with Gasteiger partial charge in [0.2, 0.25) is 11.8 Å². The van der Waals surface area contributed by atoms with Crippen molar-refractivity contribution >= 4 is 5.91 Å². The zero-order valence-corrected chi connectivity index (χ0v) is 12.6. The lowest BCUT2D eigenvalue weighted by Gasteiger charge is -2.31. The SMILES string of the molecule is CN1CCCC(C(=O)N2CCC(Oc3ccccn3)C2)C1. The van der Waals surface area contributed by atoms with Crippen LogP contribution in [0.3, 0.4) is 0 Å². The van der Waals surface area contributed by atoms with Crippen LogP contribution in [0.15, 0.2) is 24.4 Å². The van der Waals surface area contributed by atoms with Gasteiger partial charge >= 0.3 is 0 Å². The maximum Gasteiger partial charge on any atom is 0.227 e. The van der Waals surface area contributed by atoms with Gasteiger partial charge in [0, 0.05) is 31.8 Å². The third-order valence-corrected chi connectivity index (χ3v) is 4.36. The molecule has 1 amide bonds. The van der Waals surface area contributed by atoms with Gasteiger partial charge in [0.25, 0.3) is 0 Å². The fraction of sp³-hybridized carbons (Fsp3) is 0.625. The van der Waals surface area contributed by atoms with Crippen molar-refractivity contribution in [2.75, 3.05) is 33.2 Å². The highest BCUT2D eigenvalue weighted by atomic mass is 16.5. The Bertz CT molecular complexity index is 480. The van der Waals surface area contributed by atoms with Crippen LogP contribution in [0.2, 0.25) is 0 Å². The lowest BCUT2D eigenvalue weighted by molar-refractivity contribution is -0.136. The molecule has 2 aliphatic heterocycles. The predicted molar refractivity (Wildman–Crippen MR) is 80.1 cm³/mol. The van der Waals surface area contributed by atoms with Gasteiger partial charge in [-0.2, -0.15) is 0 Å². The van der Waals surface area contributed by atoms with E-state index < -0.39 is 0 Å². The molecule has 0 aromatic carbocycles. The third kappa shape index (κ3) is 3.53. The summed E-state index contributed by atoms with van der Waals surface area (Å²) in [6.45, 7) is 3.49. The molecule has 0 saturated carbocycles. The summed E-state index contributed by atoms with van der Waals surface area (Å²) in [5.74, 6) is 1.11. The molecule has 0 N–H and O–H groups in total. The highest BCUT2D eigenvalue weighted by Gasteiger charge is 2.33. The number of nitrogens with zero attached hydrogens (tertiary/aromatic N) is 3. The number of aromatic nitrogens is 1. The normalized spacial score (nSPS) is 26.8. The molecule has 0 bridgehead atoms. The van der Waals surface area contributed by atoms with Crippen LogP contribution in [0.4, 0.5) is 0 Å². The molecule has 1 aromatic heterocycles. The maximum atomic E-state index is 12.6. The summed E-state index contributed by atoms with van der Waals surface area (Å²) in [6.07, 6.45) is 4.83. The fourth-order valence-electron chi connectivity index (χ4n) is 3.24. The van der Waals surface area contributed by atoms with Crippen LogP contribution in [0, 0.1) is 5.92 Å². The second kappa shape index (κ2) is 6.43. The Labute approximate surface area is 125 Å². The second-order valence-corrected chi connectivity index (χ2v) is 6.08. The fourth-order valence-corrected chi connectivity index (χ4v) is 3.24. The first-order chi connectivity index (χ1) is 10.2. The van der Waals surface area contributed by atoms with E-state index in [-0.39, 0.29) is 12.0 Å². The number of hydrogen-bond donors (Lipinski definition) is 0. The van der Waals surface area contributed by atoms with Gasteiger partial charge < -0.3 is 14.5 Å². The van der Waals surface area contributed by atoms with E-state index in [4.69, 9.17) is 4.74 Å². The van der Waals surface area contributed by atoms with E-state index in [2.05, 4.69) is 16.9 Å². The molecule has 0 radical (unpaired) electrons. The minimum absolute atomic E-state index is 0.0742. The van der Waals surface area contributed by atoms with Gasteiger partial charge in [-0.05, 0) is 32.5 Å². The van der Waals surface area contributed by atoms with Crippen molar-refractivity contribution < 1.29 is 9.53 Å². The van der Waals surface area contributed by atoms with Crippen LogP contribution in [-0.2, 0) is 4.79 Å². The van der Waals surface area contributed by atoms with Gasteiger partial charge in [-0.25, -0.2) is 4.98 Å². The highest BCUT2D eigenvalue weighted by molar-refractivity contribution is 5.79. The molecule has 0 aliphatic carbocycles. The van der Waals surface area contributed by atoms with Crippen molar-refractivity contribution in [2.45, 2.75) is 25.4 Å². The molecule has 5 nitrogen and oxygen atoms in total. The van der Waals surface area contributed by atoms with Gasteiger partial charge in [0.15, 0.2) is 0 Å². The lowest BCUT2D eigenvalue weighted by atomic mass is 9.97. The molecular weight excluding hydrogens is 266 g/mol. The molecule has 2 saturated heterocycles. The van der Waals surface area contributed by atoms with Crippen molar-refractivity contribution in [3.05, 3.63) is 24.4 Å². The number of carbonyl (C=O) groups excluding carboxylic acids is 1. The lowest BCUT2D eigenvalue weighted by Crippen LogP contribution is -2.43. The molecule has 2 unspecified atom stereocenters. The van der Waals surface area contributed by atoms with Crippen LogP contribution >= 0.6 is 0 Å². The largest absolute Gasteiger partial charge is 0.472 e. The molecule has 2 aliphatic rings. The van der Waals surface area contributed by atoms with Crippen LogP contribution in [0.25, 0.3) is 0 Å². The summed E-state index contributed by atoms with van der Waals surface area (Å²) >= 11 is 0. The minimum atomic E-state index is 0.0742. The number of likely N-dealkylation sites (tertiary alicyclic amines) is 2. The van der Waals surface area contributed by atoms with Crippen LogP contribution in [0.1, 0.15) is 19.3 Å². The Hall–Kier alpha value is -1.62. The summed E-state index contributed by atoms with van der Waals surface area (Å²) in [6, 6.07) is 5.65. The zero-order valence-electron chi connectivity index (χ0n) is 12.6. The molecule has 21 heavy (non-hydrogen) atoms. The molecule has 114 valence electrons. The second-order valence-electron chi connectivity index (χ2n) is 6.08. The van der Waals surface area contributed by atoms with E-state index in [1.807, 2.05) is 23.1 Å². The average Bonchev–Trinajstić information content (AvgIpc) is 2.96. The quantitative estimate of drug-likeness (QED) is 0.844. The highest BCUT2D eigenvalue weighted by Crippen LogP contribution is 2.22. The first-order valence-corrected chi connectivity index (χ1v) is 7.77. The van der Waals surface area contributed by atoms with Crippen molar-refractivity contribution in [1.29, 1.82) is 0 Å². The number of ether oxygens (including phenoxy) is 1. The van der Waals surface area contributed by atoms with Gasteiger partial charge in [-0.3, -0.25) is 4.79 Å². The number of amides is 1. The minimum Gasteiger partial charge on any atom is -0.472 e. The van der Waals surface area contributed by atoms with E-state index in [9.17, 15) is 4.79 Å². The van der Waals surface area contributed by atoms with Gasteiger partial charge in [-0.15, -0.1) is 0 Å². The molecule has 5 heteroatoms. The molecule has 2 atom stereocenters. The molecular formula is C16H23N3O2. The van der Waals surface area contributed by atoms with Crippen LogP contribution in [0.5, 0.6) is 5.88 Å². The summed E-state index contributed by atoms with van der Waals surface area (Å²) in [4.78, 5) is 21.0. The number of piperidine rings is 1. The van der Waals surface area contributed by atoms with Crippen LogP contribution in [-0.4, -0.2) is 60.0 Å². The number of rotatable bonds is 3. The molecule has 3 heterocycles. The maximum absolute atomic E-state index is 12.6. The summed E-state index contributed by atoms with van der Waals surface area (Å²) in [5.41, 5.74) is 0. The van der Waals surface area contributed by atoms with Crippen molar-refractivity contribution in [1.82, 2.24) is 14.8 Å². The van der Waals surface area contributed by atoms with Gasteiger partial charge in [0.05, 0.1) is 12.5 Å². The number of carbonyl (C=O) groups is 1. The molecule has 0 spiro atoms. The summed E-state index contributed by atoms with van der Waals surface area (Å²) < 4.78 is 5.85. The van der Waals surface area contributed by atoms with Crippen LogP contribution < -0.4 is 4.74 Å². The van der Waals surface area contributed by atoms with E-state index in [1.54, 1.807) is 6.20 Å². The Kier molecular flexibility index (Phi) is 4.39. The van der Waals surface area contributed by atoms with E-state index in [1.165, 1.54) is 0 Å². The third-order valence-electron chi connectivity index (χ3n) is 4.36. The topological polar surface area (TPSA) is 45.7 Å². The summed E-state index contributed by atoms with van der Waals surface area (Å²) in [5, 5.41) is 0. The average molecular weight is 289 g/mol. The molecule has 2 fully saturated rings. The van der Waals surface area contributed by atoms with Gasteiger partial charge in [0.1, 0.15) is 6.10 Å². The Morgan fingerprint density at radius 3 is 2.95 bits per heavy atom. The Balaban J connectivity index is 1.53. The Morgan fingerprint density at radius 2 is 2.19 bits per heavy atom. The van der Waals surface area contributed by atoms with Crippen molar-refractivity contribution in [3.8, 4) is 5.88 Å². The molecule has 3 rings (SSSR count). The van der Waals surface area contributed by atoms with Crippen molar-refractivity contribution in [3.63, 3.8) is 0 Å².